The number of aryl methyl sites for hydroxylation is 1. The molecule has 0 bridgehead atoms. The highest BCUT2D eigenvalue weighted by Crippen LogP contribution is 2.27. The number of nitrogens with one attached hydrogen (secondary N) is 3. The molecule has 2 atom stereocenters. The van der Waals surface area contributed by atoms with E-state index >= 15 is 0 Å². The highest BCUT2D eigenvalue weighted by atomic mass is 16.2. The maximum absolute atomic E-state index is 12.1. The molecular formula is C16H25N3O2. The van der Waals surface area contributed by atoms with E-state index in [4.69, 9.17) is 0 Å². The normalized spacial score (nSPS) is 19.1. The van der Waals surface area contributed by atoms with E-state index in [1.165, 1.54) is 0 Å². The molecule has 1 aliphatic rings. The Labute approximate surface area is 125 Å². The van der Waals surface area contributed by atoms with Gasteiger partial charge >= 0.3 is 0 Å². The molecule has 2 rings (SSSR count). The fourth-order valence-electron chi connectivity index (χ4n) is 2.71. The average Bonchev–Trinajstić information content (AvgIpc) is 2.44. The zero-order valence-electron chi connectivity index (χ0n) is 13.0. The van der Waals surface area contributed by atoms with Crippen LogP contribution in [0.3, 0.4) is 0 Å². The van der Waals surface area contributed by atoms with Crippen molar-refractivity contribution in [1.82, 2.24) is 15.6 Å². The molecule has 0 saturated carbocycles. The number of fused-ring (bicyclic) bond motifs is 1. The number of carbonyl (C=O) groups is 1. The number of aromatic nitrogens is 1. The topological polar surface area (TPSA) is 74.0 Å². The molecule has 0 saturated heterocycles. The molecular weight excluding hydrogens is 266 g/mol. The van der Waals surface area contributed by atoms with Crippen molar-refractivity contribution in [3.63, 3.8) is 0 Å². The van der Waals surface area contributed by atoms with Crippen molar-refractivity contribution in [2.45, 2.75) is 52.1 Å². The van der Waals surface area contributed by atoms with Gasteiger partial charge in [-0.3, -0.25) is 14.9 Å². The van der Waals surface area contributed by atoms with Gasteiger partial charge in [-0.1, -0.05) is 19.9 Å². The first-order chi connectivity index (χ1) is 9.97. The largest absolute Gasteiger partial charge is 0.354 e. The van der Waals surface area contributed by atoms with Crippen molar-refractivity contribution in [1.29, 1.82) is 0 Å². The fourth-order valence-corrected chi connectivity index (χ4v) is 2.71. The van der Waals surface area contributed by atoms with Crippen LogP contribution in [0.1, 0.15) is 50.9 Å². The van der Waals surface area contributed by atoms with Gasteiger partial charge < -0.3 is 10.3 Å². The molecule has 0 fully saturated rings. The predicted molar refractivity (Wildman–Crippen MR) is 83.2 cm³/mol. The van der Waals surface area contributed by atoms with Crippen LogP contribution in [0.4, 0.5) is 0 Å². The average molecular weight is 291 g/mol. The van der Waals surface area contributed by atoms with Gasteiger partial charge in [-0.2, -0.15) is 0 Å². The highest BCUT2D eigenvalue weighted by molar-refractivity contribution is 5.81. The van der Waals surface area contributed by atoms with Crippen LogP contribution in [-0.4, -0.2) is 23.5 Å². The Bertz CT molecular complexity index is 551. The van der Waals surface area contributed by atoms with Crippen molar-refractivity contribution in [3.05, 3.63) is 33.7 Å². The number of amides is 1. The van der Waals surface area contributed by atoms with Crippen LogP contribution in [0.25, 0.3) is 0 Å². The van der Waals surface area contributed by atoms with Crippen molar-refractivity contribution >= 4 is 5.91 Å². The Morgan fingerprint density at radius 3 is 2.86 bits per heavy atom. The molecule has 0 spiro atoms. The third kappa shape index (κ3) is 4.17. The van der Waals surface area contributed by atoms with E-state index in [9.17, 15) is 9.59 Å². The Morgan fingerprint density at radius 2 is 2.14 bits per heavy atom. The molecule has 0 radical (unpaired) electrons. The van der Waals surface area contributed by atoms with Gasteiger partial charge in [0.05, 0.1) is 6.04 Å². The second-order valence-electron chi connectivity index (χ2n) is 6.23. The van der Waals surface area contributed by atoms with E-state index in [1.54, 1.807) is 6.07 Å². The monoisotopic (exact) mass is 291 g/mol. The summed E-state index contributed by atoms with van der Waals surface area (Å²) in [6, 6.07) is 3.32. The van der Waals surface area contributed by atoms with E-state index in [2.05, 4.69) is 29.5 Å². The number of rotatable bonds is 5. The van der Waals surface area contributed by atoms with Gasteiger partial charge in [-0.05, 0) is 37.7 Å². The predicted octanol–water partition coefficient (Wildman–Crippen LogP) is 1.50. The first-order valence-electron chi connectivity index (χ1n) is 7.73. The van der Waals surface area contributed by atoms with Crippen LogP contribution in [0.5, 0.6) is 0 Å². The summed E-state index contributed by atoms with van der Waals surface area (Å²) in [5.74, 6) is 0.474. The van der Waals surface area contributed by atoms with Crippen LogP contribution in [0.2, 0.25) is 0 Å². The lowest BCUT2D eigenvalue weighted by Gasteiger charge is -2.28. The molecule has 116 valence electrons. The summed E-state index contributed by atoms with van der Waals surface area (Å²) in [5.41, 5.74) is 2.06. The zero-order chi connectivity index (χ0) is 15.4. The molecule has 5 heteroatoms. The standard InChI is InChI=1S/C16H25N3O2/c1-10(2)9-17-16(21)11(3)18-13-5-4-6-14-12(13)7-8-15(20)19-14/h7-8,10-11,13,18H,4-6,9H2,1-3H3,(H,17,21)(H,19,20). The molecule has 1 aromatic heterocycles. The maximum Gasteiger partial charge on any atom is 0.248 e. The lowest BCUT2D eigenvalue weighted by atomic mass is 9.91. The number of carbonyl (C=O) groups excluding carboxylic acids is 1. The summed E-state index contributed by atoms with van der Waals surface area (Å²) in [5, 5.41) is 6.33. The van der Waals surface area contributed by atoms with Gasteiger partial charge in [0, 0.05) is 24.3 Å². The minimum absolute atomic E-state index is 0.0280. The Hall–Kier alpha value is -1.62. The molecule has 1 aliphatic carbocycles. The van der Waals surface area contributed by atoms with Gasteiger partial charge in [0.1, 0.15) is 0 Å². The van der Waals surface area contributed by atoms with E-state index in [-0.39, 0.29) is 23.6 Å². The summed E-state index contributed by atoms with van der Waals surface area (Å²) in [4.78, 5) is 26.3. The molecule has 0 aromatic carbocycles. The highest BCUT2D eigenvalue weighted by Gasteiger charge is 2.24. The fraction of sp³-hybridized carbons (Fsp3) is 0.625. The lowest BCUT2D eigenvalue weighted by Crippen LogP contribution is -2.45. The first kappa shape index (κ1) is 15.8. The second kappa shape index (κ2) is 6.89. The van der Waals surface area contributed by atoms with Crippen LogP contribution >= 0.6 is 0 Å². The van der Waals surface area contributed by atoms with E-state index in [1.807, 2.05) is 13.0 Å². The molecule has 1 heterocycles. The smallest absolute Gasteiger partial charge is 0.248 e. The Morgan fingerprint density at radius 1 is 1.38 bits per heavy atom. The number of hydrogen-bond acceptors (Lipinski definition) is 3. The van der Waals surface area contributed by atoms with Crippen molar-refractivity contribution in [3.8, 4) is 0 Å². The van der Waals surface area contributed by atoms with Gasteiger partial charge in [0.25, 0.3) is 0 Å². The number of aromatic amines is 1. The van der Waals surface area contributed by atoms with E-state index in [0.717, 1.165) is 30.5 Å². The summed E-state index contributed by atoms with van der Waals surface area (Å²) in [7, 11) is 0. The number of H-pyrrole nitrogens is 1. The summed E-state index contributed by atoms with van der Waals surface area (Å²) in [6.45, 7) is 6.73. The van der Waals surface area contributed by atoms with Gasteiger partial charge in [0.2, 0.25) is 11.5 Å². The molecule has 5 nitrogen and oxygen atoms in total. The summed E-state index contributed by atoms with van der Waals surface area (Å²) in [6.07, 6.45) is 2.91. The molecule has 1 amide bonds. The minimum atomic E-state index is -0.244. The molecule has 21 heavy (non-hydrogen) atoms. The van der Waals surface area contributed by atoms with Crippen molar-refractivity contribution < 1.29 is 4.79 Å². The molecule has 3 N–H and O–H groups in total. The van der Waals surface area contributed by atoms with Crippen LogP contribution in [-0.2, 0) is 11.2 Å². The quantitative estimate of drug-likeness (QED) is 0.769. The lowest BCUT2D eigenvalue weighted by molar-refractivity contribution is -0.123. The molecule has 1 aromatic rings. The third-order valence-electron chi connectivity index (χ3n) is 3.86. The van der Waals surface area contributed by atoms with E-state index in [0.29, 0.717) is 12.5 Å². The molecule has 0 aliphatic heterocycles. The second-order valence-corrected chi connectivity index (χ2v) is 6.23. The van der Waals surface area contributed by atoms with Gasteiger partial charge in [-0.15, -0.1) is 0 Å². The number of hydrogen-bond donors (Lipinski definition) is 3. The molecule has 2 unspecified atom stereocenters. The zero-order valence-corrected chi connectivity index (χ0v) is 13.0. The van der Waals surface area contributed by atoms with Gasteiger partial charge in [0.15, 0.2) is 0 Å². The SMILES string of the molecule is CC(C)CNC(=O)C(C)NC1CCCc2[nH]c(=O)ccc21. The Kier molecular flexibility index (Phi) is 5.17. The van der Waals surface area contributed by atoms with Gasteiger partial charge in [-0.25, -0.2) is 0 Å². The van der Waals surface area contributed by atoms with E-state index < -0.39 is 0 Å². The van der Waals surface area contributed by atoms with Crippen LogP contribution < -0.4 is 16.2 Å². The number of pyridine rings is 1. The third-order valence-corrected chi connectivity index (χ3v) is 3.86. The minimum Gasteiger partial charge on any atom is -0.354 e. The van der Waals surface area contributed by atoms with Crippen LogP contribution in [0.15, 0.2) is 16.9 Å². The first-order valence-corrected chi connectivity index (χ1v) is 7.73. The summed E-state index contributed by atoms with van der Waals surface area (Å²) >= 11 is 0. The van der Waals surface area contributed by atoms with Crippen molar-refractivity contribution in [2.24, 2.45) is 5.92 Å². The Balaban J connectivity index is 2.01. The summed E-state index contributed by atoms with van der Waals surface area (Å²) < 4.78 is 0. The van der Waals surface area contributed by atoms with Crippen molar-refractivity contribution in [2.75, 3.05) is 6.54 Å². The van der Waals surface area contributed by atoms with Crippen LogP contribution in [0, 0.1) is 5.92 Å². The maximum atomic E-state index is 12.1.